The van der Waals surface area contributed by atoms with E-state index in [4.69, 9.17) is 4.74 Å². The molecule has 40 heavy (non-hydrogen) atoms. The Kier molecular flexibility index (Phi) is 14.4. The molecule has 0 atom stereocenters. The minimum atomic E-state index is -0.614. The first-order valence-electron chi connectivity index (χ1n) is 15.5. The van der Waals surface area contributed by atoms with E-state index in [-0.39, 0.29) is 5.75 Å². The SMILES string of the molecule is CCCCCCCCCCc1cnc(-c2ccc(OC(=O)c3ccc(CCCCCCCC)cc3)c(F)c2)nc1. The molecule has 216 valence electrons. The number of halogens is 1. The van der Waals surface area contributed by atoms with Crippen LogP contribution in [0.2, 0.25) is 0 Å². The van der Waals surface area contributed by atoms with Crippen molar-refractivity contribution in [2.75, 3.05) is 0 Å². The Hall–Kier alpha value is -3.08. The lowest BCUT2D eigenvalue weighted by Gasteiger charge is -2.08. The van der Waals surface area contributed by atoms with Crippen LogP contribution in [0.4, 0.5) is 4.39 Å². The first-order valence-corrected chi connectivity index (χ1v) is 15.5. The van der Waals surface area contributed by atoms with Gasteiger partial charge in [0, 0.05) is 18.0 Å². The minimum Gasteiger partial charge on any atom is -0.420 e. The zero-order valence-corrected chi connectivity index (χ0v) is 24.6. The fraction of sp³-hybridized carbons (Fsp3) is 0.514. The maximum atomic E-state index is 14.8. The largest absolute Gasteiger partial charge is 0.420 e. The monoisotopic (exact) mass is 546 g/mol. The summed E-state index contributed by atoms with van der Waals surface area (Å²) in [6.45, 7) is 4.47. The fourth-order valence-corrected chi connectivity index (χ4v) is 4.89. The van der Waals surface area contributed by atoms with Gasteiger partial charge in [-0.2, -0.15) is 0 Å². The van der Waals surface area contributed by atoms with Gasteiger partial charge in [-0.15, -0.1) is 0 Å². The first kappa shape index (κ1) is 31.4. The lowest BCUT2D eigenvalue weighted by atomic mass is 10.0. The highest BCUT2D eigenvalue weighted by molar-refractivity contribution is 5.91. The molecule has 0 aliphatic carbocycles. The van der Waals surface area contributed by atoms with Crippen LogP contribution in [0.15, 0.2) is 54.9 Å². The number of aryl methyl sites for hydroxylation is 2. The van der Waals surface area contributed by atoms with Gasteiger partial charge in [0.2, 0.25) is 0 Å². The number of hydrogen-bond donors (Lipinski definition) is 0. The minimum absolute atomic E-state index is 0.101. The summed E-state index contributed by atoms with van der Waals surface area (Å²) in [6.07, 6.45) is 23.4. The van der Waals surface area contributed by atoms with Crippen molar-refractivity contribution in [3.63, 3.8) is 0 Å². The van der Waals surface area contributed by atoms with Gasteiger partial charge >= 0.3 is 5.97 Å². The number of nitrogens with zero attached hydrogens (tertiary/aromatic N) is 2. The van der Waals surface area contributed by atoms with Gasteiger partial charge in [-0.05, 0) is 67.1 Å². The van der Waals surface area contributed by atoms with Crippen LogP contribution in [0.5, 0.6) is 5.75 Å². The molecule has 5 heteroatoms. The Morgan fingerprint density at radius 3 is 1.75 bits per heavy atom. The average Bonchev–Trinajstić information content (AvgIpc) is 2.98. The Balaban J connectivity index is 1.44. The quantitative estimate of drug-likeness (QED) is 0.0852. The number of carbonyl (C=O) groups excluding carboxylic acids is 1. The maximum Gasteiger partial charge on any atom is 0.343 e. The van der Waals surface area contributed by atoms with Gasteiger partial charge in [0.25, 0.3) is 0 Å². The number of benzene rings is 2. The second-order valence-electron chi connectivity index (χ2n) is 10.9. The van der Waals surface area contributed by atoms with Gasteiger partial charge in [0.1, 0.15) is 0 Å². The molecular weight excluding hydrogens is 499 g/mol. The number of aromatic nitrogens is 2. The van der Waals surface area contributed by atoms with Crippen LogP contribution in [-0.2, 0) is 12.8 Å². The van der Waals surface area contributed by atoms with Crippen molar-refractivity contribution in [2.45, 2.75) is 117 Å². The summed E-state index contributed by atoms with van der Waals surface area (Å²) in [6, 6.07) is 11.9. The Bertz CT molecular complexity index is 1130. The predicted molar refractivity (Wildman–Crippen MR) is 162 cm³/mol. The van der Waals surface area contributed by atoms with Gasteiger partial charge in [-0.1, -0.05) is 103 Å². The summed E-state index contributed by atoms with van der Waals surface area (Å²) in [5.41, 5.74) is 3.26. The lowest BCUT2D eigenvalue weighted by molar-refractivity contribution is 0.0728. The predicted octanol–water partition coefficient (Wildman–Crippen LogP) is 10.1. The lowest BCUT2D eigenvalue weighted by Crippen LogP contribution is -2.09. The molecule has 3 rings (SSSR count). The van der Waals surface area contributed by atoms with Crippen molar-refractivity contribution in [3.05, 3.63) is 77.4 Å². The Labute approximate surface area is 240 Å². The average molecular weight is 547 g/mol. The van der Waals surface area contributed by atoms with Crippen LogP contribution in [0.25, 0.3) is 11.4 Å². The topological polar surface area (TPSA) is 52.1 Å². The van der Waals surface area contributed by atoms with Crippen molar-refractivity contribution in [2.24, 2.45) is 0 Å². The summed E-state index contributed by atoms with van der Waals surface area (Å²) in [5.74, 6) is -0.829. The number of carbonyl (C=O) groups is 1. The molecule has 1 aromatic heterocycles. The van der Waals surface area contributed by atoms with E-state index in [9.17, 15) is 9.18 Å². The molecule has 0 unspecified atom stereocenters. The van der Waals surface area contributed by atoms with E-state index in [1.807, 2.05) is 24.5 Å². The molecule has 0 bridgehead atoms. The molecule has 4 nitrogen and oxygen atoms in total. The van der Waals surface area contributed by atoms with Crippen molar-refractivity contribution >= 4 is 5.97 Å². The number of unbranched alkanes of at least 4 members (excludes halogenated alkanes) is 12. The van der Waals surface area contributed by atoms with Crippen LogP contribution in [0.3, 0.4) is 0 Å². The van der Waals surface area contributed by atoms with E-state index in [1.54, 1.807) is 18.2 Å². The van der Waals surface area contributed by atoms with Crippen LogP contribution in [0.1, 0.15) is 125 Å². The van der Waals surface area contributed by atoms with Gasteiger partial charge < -0.3 is 4.74 Å². The van der Waals surface area contributed by atoms with E-state index in [0.29, 0.717) is 17.0 Å². The molecule has 0 N–H and O–H groups in total. The summed E-state index contributed by atoms with van der Waals surface area (Å²) in [4.78, 5) is 21.5. The van der Waals surface area contributed by atoms with Crippen LogP contribution in [0, 0.1) is 5.82 Å². The third kappa shape index (κ3) is 11.2. The number of rotatable bonds is 19. The molecule has 0 fully saturated rings. The van der Waals surface area contributed by atoms with Crippen molar-refractivity contribution in [1.82, 2.24) is 9.97 Å². The zero-order valence-electron chi connectivity index (χ0n) is 24.6. The molecule has 3 aromatic rings. The Morgan fingerprint density at radius 2 is 1.20 bits per heavy atom. The molecule has 0 aliphatic rings. The van der Waals surface area contributed by atoms with E-state index in [2.05, 4.69) is 23.8 Å². The molecule has 0 saturated carbocycles. The fourth-order valence-electron chi connectivity index (χ4n) is 4.89. The van der Waals surface area contributed by atoms with Crippen LogP contribution >= 0.6 is 0 Å². The molecule has 0 radical (unpaired) electrons. The standard InChI is InChI=1S/C35H47FN2O2/c1-3-5-7-9-11-12-14-16-18-29-26-37-34(38-27-29)31-23-24-33(32(36)25-31)40-35(39)30-21-19-28(20-22-30)17-15-13-10-8-6-4-2/h19-27H,3-18H2,1-2H3. The number of ether oxygens (including phenoxy) is 1. The summed E-state index contributed by atoms with van der Waals surface area (Å²) >= 11 is 0. The van der Waals surface area contributed by atoms with Crippen molar-refractivity contribution in [3.8, 4) is 17.1 Å². The summed E-state index contributed by atoms with van der Waals surface area (Å²) in [5, 5.41) is 0. The van der Waals surface area contributed by atoms with Crippen molar-refractivity contribution in [1.29, 1.82) is 0 Å². The molecule has 0 spiro atoms. The summed E-state index contributed by atoms with van der Waals surface area (Å²) < 4.78 is 20.2. The highest BCUT2D eigenvalue weighted by Gasteiger charge is 2.14. The normalized spacial score (nSPS) is 11.1. The maximum absolute atomic E-state index is 14.8. The molecule has 1 heterocycles. The van der Waals surface area contributed by atoms with Gasteiger partial charge in [0.15, 0.2) is 17.4 Å². The van der Waals surface area contributed by atoms with Crippen LogP contribution in [-0.4, -0.2) is 15.9 Å². The number of esters is 1. The van der Waals surface area contributed by atoms with E-state index in [1.165, 1.54) is 94.7 Å². The van der Waals surface area contributed by atoms with Gasteiger partial charge in [0.05, 0.1) is 5.56 Å². The molecule has 0 saturated heterocycles. The molecule has 2 aromatic carbocycles. The molecule has 0 amide bonds. The second-order valence-corrected chi connectivity index (χ2v) is 10.9. The third-order valence-corrected chi connectivity index (χ3v) is 7.43. The van der Waals surface area contributed by atoms with E-state index < -0.39 is 11.8 Å². The highest BCUT2D eigenvalue weighted by atomic mass is 19.1. The molecule has 0 aliphatic heterocycles. The summed E-state index contributed by atoms with van der Waals surface area (Å²) in [7, 11) is 0. The third-order valence-electron chi connectivity index (χ3n) is 7.43. The smallest absolute Gasteiger partial charge is 0.343 e. The molecular formula is C35H47FN2O2. The van der Waals surface area contributed by atoms with Crippen molar-refractivity contribution < 1.29 is 13.9 Å². The first-order chi connectivity index (χ1) is 19.6. The van der Waals surface area contributed by atoms with E-state index in [0.717, 1.165) is 31.2 Å². The van der Waals surface area contributed by atoms with Crippen LogP contribution < -0.4 is 4.74 Å². The zero-order chi connectivity index (χ0) is 28.4. The number of hydrogen-bond acceptors (Lipinski definition) is 4. The van der Waals surface area contributed by atoms with Gasteiger partial charge in [-0.3, -0.25) is 0 Å². The highest BCUT2D eigenvalue weighted by Crippen LogP contribution is 2.25. The second kappa shape index (κ2) is 18.3. The Morgan fingerprint density at radius 1 is 0.675 bits per heavy atom. The van der Waals surface area contributed by atoms with Gasteiger partial charge in [-0.25, -0.2) is 19.2 Å². The van der Waals surface area contributed by atoms with E-state index >= 15 is 0 Å².